The van der Waals surface area contributed by atoms with Crippen LogP contribution in [-0.4, -0.2) is 38.3 Å². The number of hydrogen-bond acceptors (Lipinski definition) is 4. The maximum atomic E-state index is 12.6. The van der Waals surface area contributed by atoms with Gasteiger partial charge in [-0.2, -0.15) is 4.31 Å². The fourth-order valence-corrected chi connectivity index (χ4v) is 4.05. The van der Waals surface area contributed by atoms with Crippen molar-refractivity contribution < 1.29 is 13.2 Å². The van der Waals surface area contributed by atoms with E-state index in [1.807, 2.05) is 6.92 Å². The third-order valence-corrected chi connectivity index (χ3v) is 5.97. The second-order valence-corrected chi connectivity index (χ2v) is 7.97. The Labute approximate surface area is 131 Å². The minimum atomic E-state index is -3.51. The average Bonchev–Trinajstić information content (AvgIpc) is 2.92. The van der Waals surface area contributed by atoms with Crippen LogP contribution >= 0.6 is 0 Å². The van der Waals surface area contributed by atoms with Crippen LogP contribution in [0, 0.1) is 5.41 Å². The molecule has 3 N–H and O–H groups in total. The Morgan fingerprint density at radius 3 is 2.50 bits per heavy atom. The van der Waals surface area contributed by atoms with Gasteiger partial charge in [-0.15, -0.1) is 0 Å². The summed E-state index contributed by atoms with van der Waals surface area (Å²) < 4.78 is 26.7. The Hall–Kier alpha value is -1.44. The van der Waals surface area contributed by atoms with Gasteiger partial charge in [0.1, 0.15) is 0 Å². The predicted molar refractivity (Wildman–Crippen MR) is 85.9 cm³/mol. The van der Waals surface area contributed by atoms with Gasteiger partial charge in [-0.3, -0.25) is 4.79 Å². The summed E-state index contributed by atoms with van der Waals surface area (Å²) in [6.45, 7) is 5.17. The zero-order valence-corrected chi connectivity index (χ0v) is 13.8. The van der Waals surface area contributed by atoms with Gasteiger partial charge in [0, 0.05) is 25.2 Å². The first-order valence-corrected chi connectivity index (χ1v) is 8.85. The lowest BCUT2D eigenvalue weighted by molar-refractivity contribution is -0.115. The Morgan fingerprint density at radius 1 is 1.36 bits per heavy atom. The molecule has 6 nitrogen and oxygen atoms in total. The molecule has 0 spiro atoms. The van der Waals surface area contributed by atoms with Crippen LogP contribution in [0.4, 0.5) is 5.69 Å². The summed E-state index contributed by atoms with van der Waals surface area (Å²) in [4.78, 5) is 11.6. The maximum Gasteiger partial charge on any atom is 0.243 e. The number of nitrogens with one attached hydrogen (secondary N) is 1. The van der Waals surface area contributed by atoms with Crippen LogP contribution in [0.25, 0.3) is 0 Å². The number of amides is 1. The average molecular weight is 325 g/mol. The highest BCUT2D eigenvalue weighted by molar-refractivity contribution is 7.89. The molecule has 1 aliphatic rings. The van der Waals surface area contributed by atoms with E-state index in [1.165, 1.54) is 16.4 Å². The molecule has 22 heavy (non-hydrogen) atoms. The number of hydrogen-bond donors (Lipinski definition) is 2. The van der Waals surface area contributed by atoms with Crippen molar-refractivity contribution in [2.45, 2.75) is 31.6 Å². The summed E-state index contributed by atoms with van der Waals surface area (Å²) in [6, 6.07) is 6.27. The Morgan fingerprint density at radius 2 is 2.00 bits per heavy atom. The first kappa shape index (κ1) is 16.9. The number of anilines is 1. The van der Waals surface area contributed by atoms with Crippen molar-refractivity contribution in [3.63, 3.8) is 0 Å². The lowest BCUT2D eigenvalue weighted by Gasteiger charge is -2.22. The minimum Gasteiger partial charge on any atom is -0.330 e. The van der Waals surface area contributed by atoms with E-state index in [0.717, 1.165) is 6.42 Å². The largest absolute Gasteiger partial charge is 0.330 e. The number of benzene rings is 1. The van der Waals surface area contributed by atoms with Crippen molar-refractivity contribution in [1.82, 2.24) is 4.31 Å². The molecule has 1 saturated heterocycles. The molecule has 0 bridgehead atoms. The molecule has 1 atom stereocenters. The third-order valence-electron chi connectivity index (χ3n) is 4.11. The minimum absolute atomic E-state index is 0.103. The SMILES string of the molecule is CCC(=O)Nc1ccc(S(=O)(=O)N2CCC(C)(CN)C2)cc1. The molecule has 7 heteroatoms. The maximum absolute atomic E-state index is 12.6. The molecule has 1 unspecified atom stereocenters. The highest BCUT2D eigenvalue weighted by atomic mass is 32.2. The molecule has 0 aromatic heterocycles. The van der Waals surface area contributed by atoms with Gasteiger partial charge in [0.2, 0.25) is 15.9 Å². The molecule has 1 aromatic carbocycles. The number of nitrogens with zero attached hydrogens (tertiary/aromatic N) is 1. The summed E-state index contributed by atoms with van der Waals surface area (Å²) >= 11 is 0. The van der Waals surface area contributed by atoms with Crippen molar-refractivity contribution in [1.29, 1.82) is 0 Å². The number of nitrogens with two attached hydrogens (primary N) is 1. The molecule has 1 heterocycles. The summed E-state index contributed by atoms with van der Waals surface area (Å²) in [6.07, 6.45) is 1.15. The van der Waals surface area contributed by atoms with Gasteiger partial charge >= 0.3 is 0 Å². The van der Waals surface area contributed by atoms with Crippen molar-refractivity contribution >= 4 is 21.6 Å². The number of sulfonamides is 1. The Kier molecular flexibility index (Phi) is 4.89. The molecular formula is C15H23N3O3S. The van der Waals surface area contributed by atoms with E-state index in [2.05, 4.69) is 5.32 Å². The van der Waals surface area contributed by atoms with Gasteiger partial charge in [-0.05, 0) is 42.6 Å². The molecule has 1 aromatic rings. The Bertz CT molecular complexity index is 643. The van der Waals surface area contributed by atoms with Crippen LogP contribution in [0.2, 0.25) is 0 Å². The van der Waals surface area contributed by atoms with Crippen molar-refractivity contribution in [2.75, 3.05) is 25.0 Å². The Balaban J connectivity index is 2.15. The van der Waals surface area contributed by atoms with Crippen molar-refractivity contribution in [3.05, 3.63) is 24.3 Å². The predicted octanol–water partition coefficient (Wildman–Crippen LogP) is 1.39. The van der Waals surface area contributed by atoms with Crippen LogP contribution in [-0.2, 0) is 14.8 Å². The van der Waals surface area contributed by atoms with E-state index >= 15 is 0 Å². The van der Waals surface area contributed by atoms with Gasteiger partial charge in [0.15, 0.2) is 0 Å². The molecule has 1 amide bonds. The van der Waals surface area contributed by atoms with E-state index in [9.17, 15) is 13.2 Å². The zero-order valence-electron chi connectivity index (χ0n) is 13.0. The number of rotatable bonds is 5. The smallest absolute Gasteiger partial charge is 0.243 e. The normalized spacial score (nSPS) is 22.7. The van der Waals surface area contributed by atoms with E-state index in [4.69, 9.17) is 5.73 Å². The van der Waals surface area contributed by atoms with Gasteiger partial charge in [0.25, 0.3) is 0 Å². The standard InChI is InChI=1S/C15H23N3O3S/c1-3-14(19)17-12-4-6-13(7-5-12)22(20,21)18-9-8-15(2,10-16)11-18/h4-7H,3,8-11,16H2,1-2H3,(H,17,19). The van der Waals surface area contributed by atoms with Crippen molar-refractivity contribution in [3.8, 4) is 0 Å². The zero-order chi connectivity index (χ0) is 16.4. The highest BCUT2D eigenvalue weighted by Crippen LogP contribution is 2.32. The number of carbonyl (C=O) groups excluding carboxylic acids is 1. The van der Waals surface area contributed by atoms with Crippen LogP contribution in [0.3, 0.4) is 0 Å². The summed E-state index contributed by atoms with van der Waals surface area (Å²) in [7, 11) is -3.51. The van der Waals surface area contributed by atoms with Crippen LogP contribution < -0.4 is 11.1 Å². The van der Waals surface area contributed by atoms with Crippen LogP contribution in [0.1, 0.15) is 26.7 Å². The lowest BCUT2D eigenvalue weighted by atomic mass is 9.90. The second kappa shape index (κ2) is 6.36. The molecule has 1 aliphatic heterocycles. The first-order valence-electron chi connectivity index (χ1n) is 7.41. The van der Waals surface area contributed by atoms with E-state index < -0.39 is 10.0 Å². The molecule has 1 fully saturated rings. The summed E-state index contributed by atoms with van der Waals surface area (Å²) in [5.74, 6) is -0.103. The van der Waals surface area contributed by atoms with Gasteiger partial charge in [0.05, 0.1) is 4.90 Å². The molecule has 2 rings (SSSR count). The highest BCUT2D eigenvalue weighted by Gasteiger charge is 2.38. The molecule has 0 radical (unpaired) electrons. The fourth-order valence-electron chi connectivity index (χ4n) is 2.46. The van der Waals surface area contributed by atoms with E-state index in [-0.39, 0.29) is 16.2 Å². The first-order chi connectivity index (χ1) is 10.3. The quantitative estimate of drug-likeness (QED) is 0.856. The molecular weight excluding hydrogens is 302 g/mol. The van der Waals surface area contributed by atoms with Gasteiger partial charge in [-0.25, -0.2) is 8.42 Å². The monoisotopic (exact) mass is 325 g/mol. The van der Waals surface area contributed by atoms with E-state index in [0.29, 0.717) is 31.7 Å². The summed E-state index contributed by atoms with van der Waals surface area (Å²) in [5.41, 5.74) is 6.18. The van der Waals surface area contributed by atoms with E-state index in [1.54, 1.807) is 19.1 Å². The van der Waals surface area contributed by atoms with Crippen LogP contribution in [0.15, 0.2) is 29.2 Å². The fraction of sp³-hybridized carbons (Fsp3) is 0.533. The van der Waals surface area contributed by atoms with Crippen LogP contribution in [0.5, 0.6) is 0 Å². The lowest BCUT2D eigenvalue weighted by Crippen LogP contribution is -2.34. The number of carbonyl (C=O) groups is 1. The topological polar surface area (TPSA) is 92.5 Å². The second-order valence-electron chi connectivity index (χ2n) is 6.03. The summed E-state index contributed by atoms with van der Waals surface area (Å²) in [5, 5.41) is 2.70. The molecule has 0 saturated carbocycles. The third kappa shape index (κ3) is 3.48. The van der Waals surface area contributed by atoms with Crippen molar-refractivity contribution in [2.24, 2.45) is 11.1 Å². The van der Waals surface area contributed by atoms with Gasteiger partial charge in [-0.1, -0.05) is 13.8 Å². The molecule has 122 valence electrons. The van der Waals surface area contributed by atoms with Gasteiger partial charge < -0.3 is 11.1 Å². The molecule has 0 aliphatic carbocycles.